The van der Waals surface area contributed by atoms with Crippen molar-refractivity contribution in [2.24, 2.45) is 0 Å². The largest absolute Gasteiger partial charge is 0.474 e. The lowest BCUT2D eigenvalue weighted by Gasteiger charge is -2.33. The number of urea groups is 1. The second kappa shape index (κ2) is 7.01. The normalized spacial score (nSPS) is 25.0. The molecule has 3 rings (SSSR count). The molecule has 2 aliphatic heterocycles. The summed E-state index contributed by atoms with van der Waals surface area (Å²) < 4.78 is 32.3. The molecular weight excluding hydrogens is 384 g/mol. The van der Waals surface area contributed by atoms with Crippen LogP contribution in [0.2, 0.25) is 5.02 Å². The van der Waals surface area contributed by atoms with Gasteiger partial charge < -0.3 is 10.1 Å². The summed E-state index contributed by atoms with van der Waals surface area (Å²) in [6, 6.07) is 2.65. The number of hydrogen-bond acceptors (Lipinski definition) is 6. The van der Waals surface area contributed by atoms with Crippen LogP contribution in [0.1, 0.15) is 19.8 Å². The lowest BCUT2D eigenvalue weighted by Crippen LogP contribution is -2.53. The number of pyridine rings is 1. The van der Waals surface area contributed by atoms with E-state index in [4.69, 9.17) is 16.3 Å². The molecule has 2 fully saturated rings. The average Bonchev–Trinajstić information content (AvgIpc) is 2.81. The molecule has 0 aromatic carbocycles. The Morgan fingerprint density at radius 3 is 2.58 bits per heavy atom. The number of carbonyl (C=O) groups excluding carboxylic acids is 2. The van der Waals surface area contributed by atoms with Gasteiger partial charge in [0.2, 0.25) is 15.9 Å². The minimum Gasteiger partial charge on any atom is -0.474 e. The van der Waals surface area contributed by atoms with Gasteiger partial charge in [0.05, 0.1) is 10.8 Å². The van der Waals surface area contributed by atoms with Crippen LogP contribution in [0, 0.1) is 0 Å². The maximum atomic E-state index is 12.6. The number of halogens is 1. The first-order valence-corrected chi connectivity index (χ1v) is 10.1. The first kappa shape index (κ1) is 18.9. The summed E-state index contributed by atoms with van der Waals surface area (Å²) in [5, 5.41) is 4.94. The highest BCUT2D eigenvalue weighted by atomic mass is 35.5. The minimum atomic E-state index is -3.71. The lowest BCUT2D eigenvalue weighted by molar-refractivity contribution is -0.122. The van der Waals surface area contributed by atoms with Crippen molar-refractivity contribution in [1.29, 1.82) is 0 Å². The maximum absolute atomic E-state index is 12.6. The van der Waals surface area contributed by atoms with E-state index in [1.54, 1.807) is 12.1 Å². The molecule has 0 aliphatic carbocycles. The van der Waals surface area contributed by atoms with E-state index in [-0.39, 0.29) is 19.2 Å². The van der Waals surface area contributed by atoms with E-state index in [1.807, 2.05) is 0 Å². The van der Waals surface area contributed by atoms with Gasteiger partial charge >= 0.3 is 6.03 Å². The molecule has 11 heteroatoms. The van der Waals surface area contributed by atoms with Crippen LogP contribution in [0.25, 0.3) is 0 Å². The summed E-state index contributed by atoms with van der Waals surface area (Å²) in [6.07, 6.45) is 2.33. The van der Waals surface area contributed by atoms with Crippen LogP contribution in [0.4, 0.5) is 4.79 Å². The van der Waals surface area contributed by atoms with E-state index in [1.165, 1.54) is 17.4 Å². The zero-order valence-corrected chi connectivity index (χ0v) is 15.6. The zero-order valence-electron chi connectivity index (χ0n) is 14.1. The Morgan fingerprint density at radius 2 is 2.04 bits per heavy atom. The Kier molecular flexibility index (Phi) is 5.09. The van der Waals surface area contributed by atoms with Crippen LogP contribution in [0.3, 0.4) is 0 Å². The summed E-state index contributed by atoms with van der Waals surface area (Å²) >= 11 is 5.78. The number of sulfonamides is 1. The molecule has 2 aliphatic rings. The van der Waals surface area contributed by atoms with Gasteiger partial charge in [-0.25, -0.2) is 22.5 Å². The summed E-state index contributed by atoms with van der Waals surface area (Å²) in [4.78, 5) is 27.2. The van der Waals surface area contributed by atoms with Gasteiger partial charge in [0.25, 0.3) is 5.91 Å². The predicted octanol–water partition coefficient (Wildman–Crippen LogP) is 0.506. The standard InChI is InChI=1S/C15H19ClN4O5S/c1-15(13(21)18-14(22)19-15)9-26(23,24)20-6-4-11(5-7-20)25-12-3-2-10(16)8-17-12/h2-3,8,11H,4-7,9H2,1H3,(H2,18,19,21,22). The van der Waals surface area contributed by atoms with Crippen molar-refractivity contribution in [2.75, 3.05) is 18.8 Å². The van der Waals surface area contributed by atoms with Crippen LogP contribution < -0.4 is 15.4 Å². The Morgan fingerprint density at radius 1 is 1.35 bits per heavy atom. The van der Waals surface area contributed by atoms with Gasteiger partial charge in [-0.15, -0.1) is 0 Å². The van der Waals surface area contributed by atoms with E-state index < -0.39 is 33.3 Å². The van der Waals surface area contributed by atoms with Crippen molar-refractivity contribution in [3.05, 3.63) is 23.4 Å². The van der Waals surface area contributed by atoms with Gasteiger partial charge in [-0.05, 0) is 25.8 Å². The van der Waals surface area contributed by atoms with Crippen LogP contribution in [-0.2, 0) is 14.8 Å². The summed E-state index contributed by atoms with van der Waals surface area (Å²) in [7, 11) is -3.71. The van der Waals surface area contributed by atoms with Gasteiger partial charge in [0.1, 0.15) is 11.6 Å². The van der Waals surface area contributed by atoms with E-state index in [0.29, 0.717) is 23.7 Å². The molecule has 1 atom stereocenters. The first-order chi connectivity index (χ1) is 12.2. The highest BCUT2D eigenvalue weighted by Gasteiger charge is 2.46. The Balaban J connectivity index is 1.57. The molecule has 1 aromatic rings. The predicted molar refractivity (Wildman–Crippen MR) is 93.3 cm³/mol. The highest BCUT2D eigenvalue weighted by Crippen LogP contribution is 2.22. The zero-order chi connectivity index (χ0) is 18.9. The Hall–Kier alpha value is -1.91. The molecule has 0 radical (unpaired) electrons. The lowest BCUT2D eigenvalue weighted by atomic mass is 10.1. The van der Waals surface area contributed by atoms with E-state index in [9.17, 15) is 18.0 Å². The third kappa shape index (κ3) is 4.08. The van der Waals surface area contributed by atoms with Crippen molar-refractivity contribution in [3.8, 4) is 5.88 Å². The van der Waals surface area contributed by atoms with Crippen molar-refractivity contribution >= 4 is 33.6 Å². The van der Waals surface area contributed by atoms with E-state index >= 15 is 0 Å². The molecule has 142 valence electrons. The van der Waals surface area contributed by atoms with E-state index in [2.05, 4.69) is 15.6 Å². The molecule has 2 saturated heterocycles. The molecule has 1 unspecified atom stereocenters. The maximum Gasteiger partial charge on any atom is 0.322 e. The molecule has 26 heavy (non-hydrogen) atoms. The van der Waals surface area contributed by atoms with Crippen LogP contribution in [-0.4, -0.2) is 60.1 Å². The second-order valence-electron chi connectivity index (χ2n) is 6.53. The molecule has 3 heterocycles. The van der Waals surface area contributed by atoms with Gasteiger partial charge in [0, 0.05) is 25.4 Å². The molecule has 0 saturated carbocycles. The van der Waals surface area contributed by atoms with Crippen LogP contribution >= 0.6 is 11.6 Å². The smallest absolute Gasteiger partial charge is 0.322 e. The highest BCUT2D eigenvalue weighted by molar-refractivity contribution is 7.89. The number of carbonyl (C=O) groups is 2. The number of nitrogens with zero attached hydrogens (tertiary/aromatic N) is 2. The minimum absolute atomic E-state index is 0.153. The fraction of sp³-hybridized carbons (Fsp3) is 0.533. The number of rotatable bonds is 5. The third-order valence-corrected chi connectivity index (χ3v) is 6.69. The number of nitrogens with one attached hydrogen (secondary N) is 2. The van der Waals surface area contributed by atoms with E-state index in [0.717, 1.165) is 0 Å². The summed E-state index contributed by atoms with van der Waals surface area (Å²) in [5.41, 5.74) is -1.46. The van der Waals surface area contributed by atoms with Crippen molar-refractivity contribution in [3.63, 3.8) is 0 Å². The molecule has 9 nitrogen and oxygen atoms in total. The monoisotopic (exact) mass is 402 g/mol. The van der Waals surface area contributed by atoms with Crippen LogP contribution in [0.5, 0.6) is 5.88 Å². The average molecular weight is 403 g/mol. The molecule has 3 amide bonds. The molecular formula is C15H19ClN4O5S. The molecule has 2 N–H and O–H groups in total. The molecule has 0 spiro atoms. The number of amides is 3. The van der Waals surface area contributed by atoms with Gasteiger partial charge in [-0.2, -0.15) is 0 Å². The summed E-state index contributed by atoms with van der Waals surface area (Å²) in [6.45, 7) is 1.94. The van der Waals surface area contributed by atoms with Gasteiger partial charge in [-0.1, -0.05) is 11.6 Å². The number of hydrogen-bond donors (Lipinski definition) is 2. The first-order valence-electron chi connectivity index (χ1n) is 8.08. The number of ether oxygens (including phenoxy) is 1. The SMILES string of the molecule is CC1(CS(=O)(=O)N2CCC(Oc3ccc(Cl)cn3)CC2)NC(=O)NC1=O. The number of aromatic nitrogens is 1. The number of imide groups is 1. The van der Waals surface area contributed by atoms with Gasteiger partial charge in [0.15, 0.2) is 0 Å². The molecule has 0 bridgehead atoms. The van der Waals surface area contributed by atoms with Gasteiger partial charge in [-0.3, -0.25) is 10.1 Å². The second-order valence-corrected chi connectivity index (χ2v) is 8.93. The van der Waals surface area contributed by atoms with Crippen molar-refractivity contribution in [2.45, 2.75) is 31.4 Å². The third-order valence-electron chi connectivity index (χ3n) is 4.37. The van der Waals surface area contributed by atoms with Crippen LogP contribution in [0.15, 0.2) is 18.3 Å². The quantitative estimate of drug-likeness (QED) is 0.693. The Labute approximate surface area is 156 Å². The van der Waals surface area contributed by atoms with Crippen molar-refractivity contribution < 1.29 is 22.7 Å². The fourth-order valence-electron chi connectivity index (χ4n) is 2.97. The molecule has 1 aromatic heterocycles. The topological polar surface area (TPSA) is 118 Å². The number of piperidine rings is 1. The van der Waals surface area contributed by atoms with Crippen molar-refractivity contribution in [1.82, 2.24) is 19.9 Å². The summed E-state index contributed by atoms with van der Waals surface area (Å²) in [5.74, 6) is -0.686. The fourth-order valence-corrected chi connectivity index (χ4v) is 4.96. The Bertz CT molecular complexity index is 808.